The van der Waals surface area contributed by atoms with Gasteiger partial charge < -0.3 is 4.74 Å². The summed E-state index contributed by atoms with van der Waals surface area (Å²) in [5.74, 6) is 0. The molecule has 0 unspecified atom stereocenters. The number of aryl methyl sites for hydroxylation is 1. The molecule has 0 saturated carbocycles. The van der Waals surface area contributed by atoms with Crippen molar-refractivity contribution in [3.05, 3.63) is 21.9 Å². The van der Waals surface area contributed by atoms with Gasteiger partial charge >= 0.3 is 0 Å². The number of hydrogen-bond acceptors (Lipinski definition) is 4. The first kappa shape index (κ1) is 15.4. The molecule has 2 atom stereocenters. The van der Waals surface area contributed by atoms with Gasteiger partial charge in [0, 0.05) is 29.4 Å². The molecule has 0 N–H and O–H groups in total. The molecular weight excluding hydrogens is 308 g/mol. The third-order valence-corrected chi connectivity index (χ3v) is 7.24. The van der Waals surface area contributed by atoms with Crippen LogP contribution in [-0.2, 0) is 14.9 Å². The van der Waals surface area contributed by atoms with Gasteiger partial charge in [-0.15, -0.1) is 11.3 Å². The van der Waals surface area contributed by atoms with Crippen LogP contribution in [-0.4, -0.2) is 49.4 Å². The van der Waals surface area contributed by atoms with Crippen LogP contribution in [0.25, 0.3) is 0 Å². The van der Waals surface area contributed by atoms with Crippen molar-refractivity contribution in [2.24, 2.45) is 0 Å². The molecule has 21 heavy (non-hydrogen) atoms. The van der Waals surface area contributed by atoms with Crippen LogP contribution in [0.15, 0.2) is 12.1 Å². The van der Waals surface area contributed by atoms with Crippen molar-refractivity contribution in [2.45, 2.75) is 38.8 Å². The topological polar surface area (TPSA) is 49.9 Å². The van der Waals surface area contributed by atoms with E-state index in [-0.39, 0.29) is 12.1 Å². The molecule has 1 aromatic rings. The predicted molar refractivity (Wildman–Crippen MR) is 83.6 cm³/mol. The van der Waals surface area contributed by atoms with Crippen LogP contribution < -0.4 is 0 Å². The van der Waals surface area contributed by atoms with Crippen molar-refractivity contribution in [3.8, 4) is 0 Å². The highest BCUT2D eigenvalue weighted by Crippen LogP contribution is 2.38. The van der Waals surface area contributed by atoms with E-state index in [1.54, 1.807) is 19.9 Å². The van der Waals surface area contributed by atoms with Crippen LogP contribution in [0, 0.1) is 6.92 Å². The summed E-state index contributed by atoms with van der Waals surface area (Å²) in [6.45, 7) is 6.00. The van der Waals surface area contributed by atoms with Gasteiger partial charge in [-0.1, -0.05) is 0 Å². The highest BCUT2D eigenvalue weighted by molar-refractivity contribution is 7.86. The Morgan fingerprint density at radius 3 is 2.81 bits per heavy atom. The normalized spacial score (nSPS) is 29.0. The zero-order valence-corrected chi connectivity index (χ0v) is 14.1. The summed E-state index contributed by atoms with van der Waals surface area (Å²) in [4.78, 5) is 2.39. The average molecular weight is 330 g/mol. The minimum atomic E-state index is -3.39. The minimum absolute atomic E-state index is 0.00634. The summed E-state index contributed by atoms with van der Waals surface area (Å²) in [6, 6.07) is 4.15. The zero-order valence-electron chi connectivity index (χ0n) is 12.5. The van der Waals surface area contributed by atoms with Crippen LogP contribution in [0.5, 0.6) is 0 Å². The first-order chi connectivity index (χ1) is 9.98. The second kappa shape index (κ2) is 5.96. The van der Waals surface area contributed by atoms with E-state index in [0.717, 1.165) is 17.7 Å². The fraction of sp³-hybridized carbons (Fsp3) is 0.714. The molecule has 2 aliphatic heterocycles. The highest BCUT2D eigenvalue weighted by Gasteiger charge is 2.40. The van der Waals surface area contributed by atoms with Crippen molar-refractivity contribution < 1.29 is 13.2 Å². The molecule has 2 saturated heterocycles. The molecule has 0 radical (unpaired) electrons. The Balaban J connectivity index is 1.83. The molecule has 3 rings (SSSR count). The molecule has 0 bridgehead atoms. The third-order valence-electron chi connectivity index (χ3n) is 4.12. The fourth-order valence-corrected chi connectivity index (χ4v) is 6.07. The van der Waals surface area contributed by atoms with Gasteiger partial charge in [0.25, 0.3) is 10.2 Å². The Bertz CT molecular complexity index is 599. The molecule has 2 aliphatic rings. The molecule has 7 heteroatoms. The van der Waals surface area contributed by atoms with Crippen molar-refractivity contribution in [1.82, 2.24) is 8.61 Å². The Morgan fingerprint density at radius 1 is 1.33 bits per heavy atom. The maximum absolute atomic E-state index is 12.9. The lowest BCUT2D eigenvalue weighted by molar-refractivity contribution is 0.00812. The average Bonchev–Trinajstić information content (AvgIpc) is 3.07. The van der Waals surface area contributed by atoms with Crippen LogP contribution in [0.3, 0.4) is 0 Å². The Kier molecular flexibility index (Phi) is 4.38. The molecule has 0 spiro atoms. The number of nitrogens with zero attached hydrogens (tertiary/aromatic N) is 2. The van der Waals surface area contributed by atoms with Gasteiger partial charge in [-0.25, -0.2) is 0 Å². The quantitative estimate of drug-likeness (QED) is 0.853. The first-order valence-corrected chi connectivity index (χ1v) is 9.64. The van der Waals surface area contributed by atoms with Crippen LogP contribution in [0.1, 0.15) is 35.6 Å². The van der Waals surface area contributed by atoms with Crippen LogP contribution in [0.4, 0.5) is 0 Å². The molecule has 0 amide bonds. The van der Waals surface area contributed by atoms with Crippen LogP contribution in [0.2, 0.25) is 0 Å². The SMILES string of the molecule is Cc1ccc([C@@H]2CCCN2S(=O)(=O)N2CCO[C@@H](C)C2)s1. The van der Waals surface area contributed by atoms with E-state index < -0.39 is 10.2 Å². The lowest BCUT2D eigenvalue weighted by Crippen LogP contribution is -2.50. The molecule has 118 valence electrons. The summed E-state index contributed by atoms with van der Waals surface area (Å²) < 4.78 is 34.6. The summed E-state index contributed by atoms with van der Waals surface area (Å²) in [5.41, 5.74) is 0. The number of hydrogen-bond donors (Lipinski definition) is 0. The molecule has 1 aromatic heterocycles. The lowest BCUT2D eigenvalue weighted by Gasteiger charge is -2.35. The highest BCUT2D eigenvalue weighted by atomic mass is 32.2. The smallest absolute Gasteiger partial charge is 0.282 e. The van der Waals surface area contributed by atoms with Gasteiger partial charge in [-0.05, 0) is 38.8 Å². The molecule has 0 aliphatic carbocycles. The van der Waals surface area contributed by atoms with E-state index >= 15 is 0 Å². The fourth-order valence-electron chi connectivity index (χ4n) is 3.08. The van der Waals surface area contributed by atoms with Crippen molar-refractivity contribution in [3.63, 3.8) is 0 Å². The van der Waals surface area contributed by atoms with Crippen molar-refractivity contribution in [2.75, 3.05) is 26.2 Å². The minimum Gasteiger partial charge on any atom is -0.376 e. The van der Waals surface area contributed by atoms with Crippen molar-refractivity contribution >= 4 is 21.5 Å². The standard InChI is InChI=1S/C14H22N2O3S2/c1-11-10-15(8-9-19-11)21(17,18)16-7-3-4-13(16)14-6-5-12(2)20-14/h5-6,11,13H,3-4,7-10H2,1-2H3/t11-,13-/m0/s1. The van der Waals surface area contributed by atoms with E-state index in [1.807, 2.05) is 6.92 Å². The molecule has 5 nitrogen and oxygen atoms in total. The Labute approximate surface area is 130 Å². The van der Waals surface area contributed by atoms with Crippen LogP contribution >= 0.6 is 11.3 Å². The second-order valence-electron chi connectivity index (χ2n) is 5.76. The first-order valence-electron chi connectivity index (χ1n) is 7.43. The number of morpholine rings is 1. The van der Waals surface area contributed by atoms with Crippen molar-refractivity contribution in [1.29, 1.82) is 0 Å². The summed E-state index contributed by atoms with van der Waals surface area (Å²) in [7, 11) is -3.39. The number of rotatable bonds is 3. The number of thiophene rings is 1. The van der Waals surface area contributed by atoms with E-state index in [4.69, 9.17) is 4.74 Å². The predicted octanol–water partition coefficient (Wildman–Crippen LogP) is 2.16. The van der Waals surface area contributed by atoms with E-state index in [9.17, 15) is 8.42 Å². The maximum atomic E-state index is 12.9. The van der Waals surface area contributed by atoms with E-state index in [0.29, 0.717) is 26.2 Å². The number of ether oxygens (including phenoxy) is 1. The summed E-state index contributed by atoms with van der Waals surface area (Å²) in [5, 5.41) is 0. The largest absolute Gasteiger partial charge is 0.376 e. The maximum Gasteiger partial charge on any atom is 0.282 e. The van der Waals surface area contributed by atoms with E-state index in [1.165, 1.54) is 4.88 Å². The Hall–Kier alpha value is -0.470. The summed E-state index contributed by atoms with van der Waals surface area (Å²) in [6.07, 6.45) is 1.82. The Morgan fingerprint density at radius 2 is 2.14 bits per heavy atom. The lowest BCUT2D eigenvalue weighted by atomic mass is 10.2. The molecule has 0 aromatic carbocycles. The monoisotopic (exact) mass is 330 g/mol. The second-order valence-corrected chi connectivity index (χ2v) is 8.96. The van der Waals surface area contributed by atoms with Gasteiger partial charge in [-0.2, -0.15) is 17.0 Å². The van der Waals surface area contributed by atoms with Gasteiger partial charge in [0.2, 0.25) is 0 Å². The summed E-state index contributed by atoms with van der Waals surface area (Å²) >= 11 is 1.70. The van der Waals surface area contributed by atoms with E-state index in [2.05, 4.69) is 19.1 Å². The van der Waals surface area contributed by atoms with Gasteiger partial charge in [0.05, 0.1) is 18.8 Å². The molecule has 2 fully saturated rings. The van der Waals surface area contributed by atoms with Gasteiger partial charge in [0.15, 0.2) is 0 Å². The zero-order chi connectivity index (χ0) is 15.0. The third kappa shape index (κ3) is 3.03. The molecular formula is C14H22N2O3S2. The van der Waals surface area contributed by atoms with Gasteiger partial charge in [0.1, 0.15) is 0 Å². The molecule has 3 heterocycles. The van der Waals surface area contributed by atoms with Gasteiger partial charge in [-0.3, -0.25) is 0 Å².